The van der Waals surface area contributed by atoms with Crippen molar-refractivity contribution in [3.05, 3.63) is 89.5 Å². The molecule has 0 atom stereocenters. The number of ether oxygens (including phenoxy) is 2. The molecule has 44 heavy (non-hydrogen) atoms. The molecule has 0 unspecified atom stereocenters. The minimum absolute atomic E-state index is 0.0728. The Morgan fingerprint density at radius 2 is 1.66 bits per heavy atom. The smallest absolute Gasteiger partial charge is 0.241 e. The molecule has 236 valence electrons. The van der Waals surface area contributed by atoms with Crippen molar-refractivity contribution in [3.63, 3.8) is 0 Å². The van der Waals surface area contributed by atoms with Crippen LogP contribution in [-0.2, 0) is 27.8 Å². The summed E-state index contributed by atoms with van der Waals surface area (Å²) in [6, 6.07) is 23.3. The van der Waals surface area contributed by atoms with Gasteiger partial charge in [-0.15, -0.1) is 0 Å². The van der Waals surface area contributed by atoms with E-state index < -0.39 is 10.0 Å². The minimum atomic E-state index is -3.75. The van der Waals surface area contributed by atoms with Gasteiger partial charge in [0.05, 0.1) is 18.6 Å². The summed E-state index contributed by atoms with van der Waals surface area (Å²) in [5.74, 6) is 1.65. The van der Waals surface area contributed by atoms with Crippen LogP contribution in [0.3, 0.4) is 0 Å². The summed E-state index contributed by atoms with van der Waals surface area (Å²) >= 11 is 0. The van der Waals surface area contributed by atoms with E-state index in [2.05, 4.69) is 40.0 Å². The molecule has 0 aliphatic carbocycles. The maximum Gasteiger partial charge on any atom is 0.241 e. The number of sulfonamides is 1. The SMILES string of the molecule is COc1ccc(CN2CCOc3ccccc3CCCCC3(CCN(C(=O)CNS(=O)(=O)c4ccc(C)cc4)CC3)C2)cc1. The average Bonchev–Trinajstić information content (AvgIpc) is 3.03. The summed E-state index contributed by atoms with van der Waals surface area (Å²) in [5.41, 5.74) is 3.54. The predicted octanol–water partition coefficient (Wildman–Crippen LogP) is 5.20. The maximum atomic E-state index is 13.1. The second kappa shape index (κ2) is 14.6. The standard InChI is InChI=1S/C35H45N3O5S/c1-28-10-16-32(17-11-28)44(40,41)36-25-34(39)38-21-19-35(20-22-38)18-6-5-8-30-7-3-4-9-33(30)43-24-23-37(27-35)26-29-12-14-31(42-2)15-13-29/h3-4,7,9-17,36H,5-6,8,18-27H2,1-2H3. The fourth-order valence-electron chi connectivity index (χ4n) is 6.42. The summed E-state index contributed by atoms with van der Waals surface area (Å²) in [7, 11) is -2.07. The highest BCUT2D eigenvalue weighted by Gasteiger charge is 2.37. The summed E-state index contributed by atoms with van der Waals surface area (Å²) in [6.45, 7) is 6.06. The first-order chi connectivity index (χ1) is 21.2. The number of fused-ring (bicyclic) bond motifs is 1. The quantitative estimate of drug-likeness (QED) is 0.391. The van der Waals surface area contributed by atoms with Gasteiger partial charge in [0, 0.05) is 32.7 Å². The van der Waals surface area contributed by atoms with E-state index in [0.29, 0.717) is 19.7 Å². The molecule has 9 heteroatoms. The number of nitrogens with zero attached hydrogens (tertiary/aromatic N) is 2. The van der Waals surface area contributed by atoms with E-state index in [1.54, 1.807) is 31.4 Å². The van der Waals surface area contributed by atoms with Gasteiger partial charge in [-0.3, -0.25) is 9.69 Å². The zero-order valence-electron chi connectivity index (χ0n) is 26.0. The Kier molecular flexibility index (Phi) is 10.6. The Morgan fingerprint density at radius 3 is 2.39 bits per heavy atom. The van der Waals surface area contributed by atoms with Gasteiger partial charge >= 0.3 is 0 Å². The highest BCUT2D eigenvalue weighted by molar-refractivity contribution is 7.89. The molecule has 3 aromatic rings. The van der Waals surface area contributed by atoms with Crippen molar-refractivity contribution in [2.75, 3.05) is 46.4 Å². The third kappa shape index (κ3) is 8.40. The molecule has 2 heterocycles. The zero-order valence-corrected chi connectivity index (χ0v) is 26.8. The summed E-state index contributed by atoms with van der Waals surface area (Å²) in [6.07, 6.45) is 6.06. The molecule has 1 saturated heterocycles. The number of aryl methyl sites for hydroxylation is 2. The van der Waals surface area contributed by atoms with Gasteiger partial charge < -0.3 is 14.4 Å². The normalized spacial score (nSPS) is 18.0. The van der Waals surface area contributed by atoms with Gasteiger partial charge in [-0.25, -0.2) is 13.1 Å². The van der Waals surface area contributed by atoms with Crippen LogP contribution in [0, 0.1) is 12.3 Å². The molecule has 0 bridgehead atoms. The number of nitrogens with one attached hydrogen (secondary N) is 1. The Hall–Kier alpha value is -3.40. The van der Waals surface area contributed by atoms with E-state index >= 15 is 0 Å². The lowest BCUT2D eigenvalue weighted by atomic mass is 9.73. The number of rotatable bonds is 7. The first-order valence-corrected chi connectivity index (χ1v) is 17.1. The summed E-state index contributed by atoms with van der Waals surface area (Å²) < 4.78 is 39.7. The van der Waals surface area contributed by atoms with Gasteiger partial charge in [-0.05, 0) is 85.9 Å². The van der Waals surface area contributed by atoms with Crippen molar-refractivity contribution in [3.8, 4) is 11.5 Å². The number of amides is 1. The van der Waals surface area contributed by atoms with Gasteiger partial charge in [0.25, 0.3) is 0 Å². The fraction of sp³-hybridized carbons (Fsp3) is 0.457. The van der Waals surface area contributed by atoms with Gasteiger partial charge in [0.2, 0.25) is 15.9 Å². The molecule has 2 aliphatic rings. The Balaban J connectivity index is 1.26. The summed E-state index contributed by atoms with van der Waals surface area (Å²) in [5, 5.41) is 0. The molecule has 3 aromatic carbocycles. The number of benzene rings is 3. The van der Waals surface area contributed by atoms with Crippen LogP contribution in [0.1, 0.15) is 48.8 Å². The molecule has 1 fully saturated rings. The number of likely N-dealkylation sites (tertiary alicyclic amines) is 1. The Morgan fingerprint density at radius 1 is 0.932 bits per heavy atom. The molecule has 8 nitrogen and oxygen atoms in total. The molecule has 0 aromatic heterocycles. The zero-order chi connectivity index (χ0) is 31.0. The van der Waals surface area contributed by atoms with Crippen LogP contribution in [-0.4, -0.2) is 70.6 Å². The van der Waals surface area contributed by atoms with Crippen LogP contribution < -0.4 is 14.2 Å². The minimum Gasteiger partial charge on any atom is -0.497 e. The number of hydrogen-bond donors (Lipinski definition) is 1. The van der Waals surface area contributed by atoms with Gasteiger partial charge in [-0.1, -0.05) is 54.4 Å². The third-order valence-electron chi connectivity index (χ3n) is 9.09. The number of piperidine rings is 1. The monoisotopic (exact) mass is 619 g/mol. The lowest BCUT2D eigenvalue weighted by molar-refractivity contribution is -0.132. The molecular formula is C35H45N3O5S. The Labute approximate surface area is 262 Å². The van der Waals surface area contributed by atoms with E-state index in [0.717, 1.165) is 75.2 Å². The molecule has 1 N–H and O–H groups in total. The fourth-order valence-corrected chi connectivity index (χ4v) is 7.39. The van der Waals surface area contributed by atoms with E-state index in [1.807, 2.05) is 30.0 Å². The van der Waals surface area contributed by atoms with Crippen molar-refractivity contribution >= 4 is 15.9 Å². The van der Waals surface area contributed by atoms with E-state index in [9.17, 15) is 13.2 Å². The van der Waals surface area contributed by atoms with Crippen LogP contribution in [0.4, 0.5) is 0 Å². The number of hydrogen-bond acceptors (Lipinski definition) is 6. The van der Waals surface area contributed by atoms with Crippen LogP contribution in [0.2, 0.25) is 0 Å². The number of para-hydroxylation sites is 1. The second-order valence-corrected chi connectivity index (χ2v) is 14.0. The van der Waals surface area contributed by atoms with Crippen LogP contribution in [0.5, 0.6) is 11.5 Å². The molecule has 2 aliphatic heterocycles. The highest BCUT2D eigenvalue weighted by atomic mass is 32.2. The van der Waals surface area contributed by atoms with Crippen molar-refractivity contribution in [1.82, 2.24) is 14.5 Å². The van der Waals surface area contributed by atoms with Crippen LogP contribution in [0.25, 0.3) is 0 Å². The first-order valence-electron chi connectivity index (χ1n) is 15.7. The van der Waals surface area contributed by atoms with Crippen molar-refractivity contribution in [2.24, 2.45) is 5.41 Å². The third-order valence-corrected chi connectivity index (χ3v) is 10.5. The van der Waals surface area contributed by atoms with Crippen LogP contribution in [0.15, 0.2) is 77.7 Å². The van der Waals surface area contributed by atoms with Crippen molar-refractivity contribution in [2.45, 2.75) is 56.9 Å². The maximum absolute atomic E-state index is 13.1. The van der Waals surface area contributed by atoms with E-state index in [1.165, 1.54) is 11.1 Å². The van der Waals surface area contributed by atoms with Crippen molar-refractivity contribution in [1.29, 1.82) is 0 Å². The van der Waals surface area contributed by atoms with Crippen molar-refractivity contribution < 1.29 is 22.7 Å². The molecule has 1 amide bonds. The largest absolute Gasteiger partial charge is 0.497 e. The molecule has 1 spiro atoms. The lowest BCUT2D eigenvalue weighted by Crippen LogP contribution is -2.50. The first kappa shape index (κ1) is 32.0. The summed E-state index contributed by atoms with van der Waals surface area (Å²) in [4.78, 5) is 17.6. The van der Waals surface area contributed by atoms with Gasteiger partial charge in [0.1, 0.15) is 18.1 Å². The van der Waals surface area contributed by atoms with Gasteiger partial charge in [-0.2, -0.15) is 0 Å². The highest BCUT2D eigenvalue weighted by Crippen LogP contribution is 2.39. The van der Waals surface area contributed by atoms with E-state index in [4.69, 9.17) is 9.47 Å². The topological polar surface area (TPSA) is 88.2 Å². The van der Waals surface area contributed by atoms with E-state index in [-0.39, 0.29) is 22.8 Å². The Bertz CT molecular complexity index is 1480. The second-order valence-electron chi connectivity index (χ2n) is 12.2. The number of carbonyl (C=O) groups excluding carboxylic acids is 1. The van der Waals surface area contributed by atoms with Gasteiger partial charge in [0.15, 0.2) is 0 Å². The predicted molar refractivity (Wildman–Crippen MR) is 172 cm³/mol. The average molecular weight is 620 g/mol. The van der Waals surface area contributed by atoms with Crippen LogP contribution >= 0.6 is 0 Å². The molecule has 0 saturated carbocycles. The number of carbonyl (C=O) groups is 1. The molecule has 5 rings (SSSR count). The molecule has 0 radical (unpaired) electrons. The lowest BCUT2D eigenvalue weighted by Gasteiger charge is -2.45. The molecular weight excluding hydrogens is 574 g/mol. The number of methoxy groups -OCH3 is 1.